The Bertz CT molecular complexity index is 2450. The lowest BCUT2D eigenvalue weighted by Gasteiger charge is -2.29. The van der Waals surface area contributed by atoms with Crippen molar-refractivity contribution in [2.75, 3.05) is 18.4 Å². The number of aliphatic hydroxyl groups is 1. The summed E-state index contributed by atoms with van der Waals surface area (Å²) in [5, 5.41) is 13.1. The third-order valence-electron chi connectivity index (χ3n) is 9.10. The molecule has 0 bridgehead atoms. The molecule has 0 radical (unpaired) electrons. The molecule has 0 spiro atoms. The second kappa shape index (κ2) is 14.1. The lowest BCUT2D eigenvalue weighted by Crippen LogP contribution is -2.39. The molecule has 54 heavy (non-hydrogen) atoms. The van der Waals surface area contributed by atoms with E-state index < -0.39 is 44.9 Å². The standard InChI is InChI=1S/C40H41F2N5O6S/c1-23-8-11-28(12-9-23)54(51,52)47-34(25-14-16-46(17-15-25)38(49)53-39(3,4)5)21-31-35(43-22-44-36(31)47)30-19-27(41)20-33(24(30)2)45-37(48)29-13-10-26(18-32(29)42)40(6,7)50/h8-14,18-22,50H,15-17H2,1-7H3,(H,45,48). The fourth-order valence-corrected chi connectivity index (χ4v) is 7.70. The molecule has 2 aromatic heterocycles. The fraction of sp³-hybridized carbons (Fsp3) is 0.300. The normalized spacial score (nSPS) is 13.9. The van der Waals surface area contributed by atoms with E-state index in [4.69, 9.17) is 4.74 Å². The second-order valence-electron chi connectivity index (χ2n) is 14.8. The number of nitrogens with zero attached hydrogens (tertiary/aromatic N) is 4. The van der Waals surface area contributed by atoms with E-state index in [9.17, 15) is 23.1 Å². The Morgan fingerprint density at radius 1 is 0.944 bits per heavy atom. The molecule has 0 atom stereocenters. The highest BCUT2D eigenvalue weighted by Crippen LogP contribution is 2.38. The molecule has 14 heteroatoms. The average molecular weight is 758 g/mol. The van der Waals surface area contributed by atoms with Gasteiger partial charge in [-0.2, -0.15) is 0 Å². The van der Waals surface area contributed by atoms with Crippen molar-refractivity contribution in [3.05, 3.63) is 113 Å². The first-order valence-corrected chi connectivity index (χ1v) is 18.7. The summed E-state index contributed by atoms with van der Waals surface area (Å²) in [7, 11) is -4.26. The van der Waals surface area contributed by atoms with E-state index in [1.165, 1.54) is 55.4 Å². The third-order valence-corrected chi connectivity index (χ3v) is 10.8. The number of anilines is 1. The maximum absolute atomic E-state index is 15.4. The van der Waals surface area contributed by atoms with E-state index in [0.717, 1.165) is 21.7 Å². The van der Waals surface area contributed by atoms with Crippen molar-refractivity contribution >= 4 is 44.3 Å². The number of aryl methyl sites for hydroxylation is 1. The van der Waals surface area contributed by atoms with Crippen LogP contribution in [0.5, 0.6) is 0 Å². The summed E-state index contributed by atoms with van der Waals surface area (Å²) in [4.78, 5) is 36.5. The highest BCUT2D eigenvalue weighted by molar-refractivity contribution is 7.90. The van der Waals surface area contributed by atoms with Crippen molar-refractivity contribution < 1.29 is 36.6 Å². The van der Waals surface area contributed by atoms with Crippen LogP contribution in [-0.2, 0) is 20.4 Å². The number of benzene rings is 3. The van der Waals surface area contributed by atoms with Gasteiger partial charge in [0.1, 0.15) is 23.6 Å². The predicted molar refractivity (Wildman–Crippen MR) is 201 cm³/mol. The Balaban J connectivity index is 1.46. The molecular weight excluding hydrogens is 717 g/mol. The smallest absolute Gasteiger partial charge is 0.410 e. The summed E-state index contributed by atoms with van der Waals surface area (Å²) in [6, 6.07) is 14.1. The summed E-state index contributed by atoms with van der Waals surface area (Å²) < 4.78 is 66.0. The first kappa shape index (κ1) is 38.3. The molecule has 11 nitrogen and oxygen atoms in total. The van der Waals surface area contributed by atoms with Crippen molar-refractivity contribution in [1.82, 2.24) is 18.8 Å². The molecule has 5 aromatic rings. The first-order valence-electron chi connectivity index (χ1n) is 17.2. The van der Waals surface area contributed by atoms with E-state index in [0.29, 0.717) is 23.3 Å². The van der Waals surface area contributed by atoms with Gasteiger partial charge in [-0.05, 0) is 114 Å². The lowest BCUT2D eigenvalue weighted by atomic mass is 9.96. The van der Waals surface area contributed by atoms with Crippen LogP contribution in [0.3, 0.4) is 0 Å². The van der Waals surface area contributed by atoms with Gasteiger partial charge in [0, 0.05) is 29.7 Å². The van der Waals surface area contributed by atoms with Crippen LogP contribution in [-0.4, -0.2) is 63.1 Å². The number of aromatic nitrogens is 3. The summed E-state index contributed by atoms with van der Waals surface area (Å²) in [6.07, 6.45) is 2.76. The molecular formula is C40H41F2N5O6S. The minimum Gasteiger partial charge on any atom is -0.444 e. The summed E-state index contributed by atoms with van der Waals surface area (Å²) >= 11 is 0. The largest absolute Gasteiger partial charge is 0.444 e. The number of carbonyl (C=O) groups excluding carboxylic acids is 2. The lowest BCUT2D eigenvalue weighted by molar-refractivity contribution is 0.0270. The van der Waals surface area contributed by atoms with Crippen molar-refractivity contribution in [3.63, 3.8) is 0 Å². The monoisotopic (exact) mass is 757 g/mol. The van der Waals surface area contributed by atoms with Crippen molar-refractivity contribution in [2.24, 2.45) is 0 Å². The number of fused-ring (bicyclic) bond motifs is 1. The zero-order valence-corrected chi connectivity index (χ0v) is 31.8. The van der Waals surface area contributed by atoms with Crippen molar-refractivity contribution in [1.29, 1.82) is 0 Å². The Hall–Kier alpha value is -5.47. The topological polar surface area (TPSA) is 144 Å². The Kier molecular flexibility index (Phi) is 9.97. The van der Waals surface area contributed by atoms with Gasteiger partial charge in [0.2, 0.25) is 0 Å². The van der Waals surface area contributed by atoms with Gasteiger partial charge in [0.15, 0.2) is 5.65 Å². The molecule has 2 amide bonds. The van der Waals surface area contributed by atoms with Crippen LogP contribution >= 0.6 is 0 Å². The summed E-state index contributed by atoms with van der Waals surface area (Å²) in [6.45, 7) is 12.2. The van der Waals surface area contributed by atoms with Gasteiger partial charge in [-0.3, -0.25) is 4.79 Å². The number of nitrogens with one attached hydrogen (secondary N) is 1. The fourth-order valence-electron chi connectivity index (χ4n) is 6.21. The molecule has 1 aliphatic rings. The number of carbonyl (C=O) groups is 2. The quantitative estimate of drug-likeness (QED) is 0.172. The van der Waals surface area contributed by atoms with Crippen LogP contribution in [0.2, 0.25) is 0 Å². The number of amides is 2. The Morgan fingerprint density at radius 3 is 2.26 bits per heavy atom. The van der Waals surface area contributed by atoms with Gasteiger partial charge in [-0.1, -0.05) is 29.8 Å². The third kappa shape index (κ3) is 7.62. The van der Waals surface area contributed by atoms with Gasteiger partial charge in [0.05, 0.1) is 27.4 Å². The zero-order valence-electron chi connectivity index (χ0n) is 31.0. The highest BCUT2D eigenvalue weighted by atomic mass is 32.2. The van der Waals surface area contributed by atoms with Gasteiger partial charge in [-0.25, -0.2) is 35.9 Å². The van der Waals surface area contributed by atoms with Gasteiger partial charge in [-0.15, -0.1) is 0 Å². The van der Waals surface area contributed by atoms with Crippen molar-refractivity contribution in [2.45, 2.75) is 71.0 Å². The minimum atomic E-state index is -4.26. The molecule has 0 fully saturated rings. The van der Waals surface area contributed by atoms with Gasteiger partial charge < -0.3 is 20.1 Å². The zero-order chi connectivity index (χ0) is 39.3. The number of halogens is 2. The molecule has 3 aromatic carbocycles. The molecule has 2 N–H and O–H groups in total. The van der Waals surface area contributed by atoms with E-state index in [1.54, 1.807) is 52.0 Å². The Labute approximate surface area is 312 Å². The number of hydrogen-bond acceptors (Lipinski definition) is 8. The highest BCUT2D eigenvalue weighted by Gasteiger charge is 2.31. The van der Waals surface area contributed by atoms with E-state index >= 15 is 8.78 Å². The van der Waals surface area contributed by atoms with Crippen LogP contribution < -0.4 is 5.32 Å². The predicted octanol–water partition coefficient (Wildman–Crippen LogP) is 7.73. The van der Waals surface area contributed by atoms with Gasteiger partial charge in [0.25, 0.3) is 15.9 Å². The molecule has 282 valence electrons. The SMILES string of the molecule is Cc1ccc(S(=O)(=O)n2c(C3=CCN(C(=O)OC(C)(C)C)CC3)cc3c(-c4cc(F)cc(NC(=O)c5ccc(C(C)(C)O)cc5F)c4C)ncnc32)cc1. The van der Waals surface area contributed by atoms with E-state index in [-0.39, 0.29) is 57.1 Å². The number of hydrogen-bond donors (Lipinski definition) is 2. The van der Waals surface area contributed by atoms with Crippen LogP contribution in [0.25, 0.3) is 27.9 Å². The van der Waals surface area contributed by atoms with Crippen LogP contribution in [0, 0.1) is 25.5 Å². The summed E-state index contributed by atoms with van der Waals surface area (Å²) in [5.41, 5.74) is 0.609. The maximum Gasteiger partial charge on any atom is 0.410 e. The average Bonchev–Trinajstić information content (AvgIpc) is 3.50. The number of rotatable bonds is 7. The Morgan fingerprint density at radius 2 is 1.65 bits per heavy atom. The molecule has 3 heterocycles. The molecule has 6 rings (SSSR count). The van der Waals surface area contributed by atoms with E-state index in [1.807, 2.05) is 6.92 Å². The molecule has 0 unspecified atom stereocenters. The van der Waals surface area contributed by atoms with Crippen LogP contribution in [0.4, 0.5) is 19.3 Å². The second-order valence-corrected chi connectivity index (χ2v) is 16.6. The molecule has 0 saturated heterocycles. The molecule has 1 aliphatic heterocycles. The van der Waals surface area contributed by atoms with Crippen molar-refractivity contribution in [3.8, 4) is 11.3 Å². The minimum absolute atomic E-state index is 0.0218. The molecule has 0 aliphatic carbocycles. The molecule has 0 saturated carbocycles. The number of ether oxygens (including phenoxy) is 1. The first-order chi connectivity index (χ1) is 25.2. The van der Waals surface area contributed by atoms with Gasteiger partial charge >= 0.3 is 6.09 Å². The summed E-state index contributed by atoms with van der Waals surface area (Å²) in [5.74, 6) is -2.45. The van der Waals surface area contributed by atoms with E-state index in [2.05, 4.69) is 15.3 Å². The van der Waals surface area contributed by atoms with Crippen LogP contribution in [0.1, 0.15) is 73.8 Å². The maximum atomic E-state index is 15.4. The van der Waals surface area contributed by atoms with Crippen LogP contribution in [0.15, 0.2) is 78.0 Å².